The first-order valence-corrected chi connectivity index (χ1v) is 6.48. The average molecular weight is 255 g/mol. The second kappa shape index (κ2) is 6.87. The van der Waals surface area contributed by atoms with Crippen molar-refractivity contribution in [2.24, 2.45) is 5.92 Å². The van der Waals surface area contributed by atoms with E-state index in [0.717, 1.165) is 12.0 Å². The Kier molecular flexibility index (Phi) is 5.78. The van der Waals surface area contributed by atoms with Crippen LogP contribution in [0.5, 0.6) is 0 Å². The maximum Gasteiger partial charge on any atom is 0.0746 e. The normalized spacial score (nSPS) is 15.0. The summed E-state index contributed by atoms with van der Waals surface area (Å²) < 4.78 is 1.71. The van der Waals surface area contributed by atoms with Gasteiger partial charge in [0.05, 0.1) is 24.9 Å². The molecule has 0 aliphatic heterocycles. The molecule has 104 valence electrons. The molecule has 1 heterocycles. The standard InChI is InChI=1S/C13H25N3O2/c1-11(2)6-13(3,18)10-14-7-12-8-15-16(9-12)4-5-17/h8-9,11,14,17-18H,4-7,10H2,1-3H3. The van der Waals surface area contributed by atoms with Gasteiger partial charge in [0.25, 0.3) is 0 Å². The number of aliphatic hydroxyl groups is 2. The number of aliphatic hydroxyl groups excluding tert-OH is 1. The predicted octanol–water partition coefficient (Wildman–Crippen LogP) is 0.762. The predicted molar refractivity (Wildman–Crippen MR) is 71.1 cm³/mol. The molecule has 1 rings (SSSR count). The molecule has 0 aromatic carbocycles. The summed E-state index contributed by atoms with van der Waals surface area (Å²) in [6.45, 7) is 7.93. The Labute approximate surface area is 109 Å². The van der Waals surface area contributed by atoms with Crippen LogP contribution in [0.3, 0.4) is 0 Å². The van der Waals surface area contributed by atoms with Gasteiger partial charge in [-0.05, 0) is 19.3 Å². The number of hydrogen-bond donors (Lipinski definition) is 3. The lowest BCUT2D eigenvalue weighted by Gasteiger charge is -2.25. The van der Waals surface area contributed by atoms with Crippen LogP contribution in [0.2, 0.25) is 0 Å². The summed E-state index contributed by atoms with van der Waals surface area (Å²) in [5.74, 6) is 0.481. The van der Waals surface area contributed by atoms with Crippen molar-refractivity contribution < 1.29 is 10.2 Å². The largest absolute Gasteiger partial charge is 0.394 e. The Hall–Kier alpha value is -0.910. The molecule has 0 saturated heterocycles. The second-order valence-electron chi connectivity index (χ2n) is 5.53. The van der Waals surface area contributed by atoms with Crippen LogP contribution in [0, 0.1) is 5.92 Å². The van der Waals surface area contributed by atoms with Crippen LogP contribution in [0.1, 0.15) is 32.8 Å². The van der Waals surface area contributed by atoms with Gasteiger partial charge < -0.3 is 15.5 Å². The molecule has 1 aromatic rings. The minimum absolute atomic E-state index is 0.0949. The Balaban J connectivity index is 2.32. The summed E-state index contributed by atoms with van der Waals surface area (Å²) in [4.78, 5) is 0. The van der Waals surface area contributed by atoms with Crippen LogP contribution in [0.4, 0.5) is 0 Å². The van der Waals surface area contributed by atoms with Crippen LogP contribution >= 0.6 is 0 Å². The van der Waals surface area contributed by atoms with Crippen molar-refractivity contribution in [1.29, 1.82) is 0 Å². The van der Waals surface area contributed by atoms with Gasteiger partial charge in [0.1, 0.15) is 0 Å². The minimum Gasteiger partial charge on any atom is -0.394 e. The Morgan fingerprint density at radius 1 is 1.50 bits per heavy atom. The molecule has 0 fully saturated rings. The van der Waals surface area contributed by atoms with Gasteiger partial charge in [0, 0.05) is 24.8 Å². The van der Waals surface area contributed by atoms with E-state index in [-0.39, 0.29) is 6.61 Å². The number of nitrogens with one attached hydrogen (secondary N) is 1. The molecule has 5 nitrogen and oxygen atoms in total. The van der Waals surface area contributed by atoms with Gasteiger partial charge in [-0.15, -0.1) is 0 Å². The molecule has 0 saturated carbocycles. The molecule has 0 aliphatic carbocycles. The first kappa shape index (κ1) is 15.1. The molecule has 1 atom stereocenters. The molecule has 0 aliphatic rings. The minimum atomic E-state index is -0.671. The van der Waals surface area contributed by atoms with Gasteiger partial charge in [-0.25, -0.2) is 0 Å². The second-order valence-corrected chi connectivity index (χ2v) is 5.53. The van der Waals surface area contributed by atoms with Gasteiger partial charge in [0.15, 0.2) is 0 Å². The molecule has 0 radical (unpaired) electrons. The summed E-state index contributed by atoms with van der Waals surface area (Å²) in [7, 11) is 0. The lowest BCUT2D eigenvalue weighted by atomic mass is 9.94. The number of rotatable bonds is 8. The zero-order chi connectivity index (χ0) is 13.6. The molecule has 1 unspecified atom stereocenters. The maximum atomic E-state index is 10.1. The highest BCUT2D eigenvalue weighted by molar-refractivity contribution is 5.03. The zero-order valence-corrected chi connectivity index (χ0v) is 11.6. The van der Waals surface area contributed by atoms with Crippen molar-refractivity contribution in [2.75, 3.05) is 13.2 Å². The third-order valence-corrected chi connectivity index (χ3v) is 2.70. The van der Waals surface area contributed by atoms with Crippen molar-refractivity contribution >= 4 is 0 Å². The summed E-state index contributed by atoms with van der Waals surface area (Å²) in [6.07, 6.45) is 4.46. The summed E-state index contributed by atoms with van der Waals surface area (Å²) in [5, 5.41) is 26.3. The topological polar surface area (TPSA) is 70.3 Å². The van der Waals surface area contributed by atoms with E-state index in [0.29, 0.717) is 25.6 Å². The summed E-state index contributed by atoms with van der Waals surface area (Å²) in [5.41, 5.74) is 0.388. The van der Waals surface area contributed by atoms with Crippen LogP contribution in [0.15, 0.2) is 12.4 Å². The molecule has 0 spiro atoms. The van der Waals surface area contributed by atoms with Crippen LogP contribution in [-0.2, 0) is 13.1 Å². The molecule has 18 heavy (non-hydrogen) atoms. The smallest absolute Gasteiger partial charge is 0.0746 e. The van der Waals surface area contributed by atoms with Crippen molar-refractivity contribution in [3.8, 4) is 0 Å². The molecule has 1 aromatic heterocycles. The van der Waals surface area contributed by atoms with Gasteiger partial charge in [0.2, 0.25) is 0 Å². The lowest BCUT2D eigenvalue weighted by Crippen LogP contribution is -2.38. The fourth-order valence-electron chi connectivity index (χ4n) is 2.15. The Morgan fingerprint density at radius 2 is 2.22 bits per heavy atom. The summed E-state index contributed by atoms with van der Waals surface area (Å²) in [6, 6.07) is 0. The van der Waals surface area contributed by atoms with E-state index in [1.807, 2.05) is 13.1 Å². The SMILES string of the molecule is CC(C)CC(C)(O)CNCc1cnn(CCO)c1. The van der Waals surface area contributed by atoms with E-state index in [4.69, 9.17) is 5.11 Å². The highest BCUT2D eigenvalue weighted by Gasteiger charge is 2.21. The molecular formula is C13H25N3O2. The first-order chi connectivity index (χ1) is 8.43. The highest BCUT2D eigenvalue weighted by Crippen LogP contribution is 2.15. The maximum absolute atomic E-state index is 10.1. The lowest BCUT2D eigenvalue weighted by molar-refractivity contribution is 0.0383. The first-order valence-electron chi connectivity index (χ1n) is 6.48. The molecule has 0 bridgehead atoms. The quantitative estimate of drug-likeness (QED) is 0.641. The average Bonchev–Trinajstić information content (AvgIpc) is 2.64. The van der Waals surface area contributed by atoms with Gasteiger partial charge >= 0.3 is 0 Å². The van der Waals surface area contributed by atoms with E-state index in [1.165, 1.54) is 0 Å². The molecule has 0 amide bonds. The van der Waals surface area contributed by atoms with Crippen molar-refractivity contribution in [3.05, 3.63) is 18.0 Å². The van der Waals surface area contributed by atoms with E-state index in [9.17, 15) is 5.11 Å². The van der Waals surface area contributed by atoms with E-state index < -0.39 is 5.60 Å². The molecular weight excluding hydrogens is 230 g/mol. The van der Waals surface area contributed by atoms with Crippen molar-refractivity contribution in [2.45, 2.75) is 45.9 Å². The molecule has 5 heteroatoms. The van der Waals surface area contributed by atoms with Gasteiger partial charge in [-0.2, -0.15) is 5.10 Å². The highest BCUT2D eigenvalue weighted by atomic mass is 16.3. The Bertz CT molecular complexity index is 348. The number of aromatic nitrogens is 2. The fraction of sp³-hybridized carbons (Fsp3) is 0.769. The van der Waals surface area contributed by atoms with Gasteiger partial charge in [-0.1, -0.05) is 13.8 Å². The number of nitrogens with zero attached hydrogens (tertiary/aromatic N) is 2. The summed E-state index contributed by atoms with van der Waals surface area (Å²) >= 11 is 0. The van der Waals surface area contributed by atoms with Crippen LogP contribution in [0.25, 0.3) is 0 Å². The van der Waals surface area contributed by atoms with Crippen LogP contribution < -0.4 is 5.32 Å². The van der Waals surface area contributed by atoms with Crippen molar-refractivity contribution in [1.82, 2.24) is 15.1 Å². The Morgan fingerprint density at radius 3 is 2.83 bits per heavy atom. The van der Waals surface area contributed by atoms with E-state index in [1.54, 1.807) is 10.9 Å². The monoisotopic (exact) mass is 255 g/mol. The zero-order valence-electron chi connectivity index (χ0n) is 11.6. The third-order valence-electron chi connectivity index (χ3n) is 2.70. The number of hydrogen-bond acceptors (Lipinski definition) is 4. The van der Waals surface area contributed by atoms with E-state index in [2.05, 4.69) is 24.3 Å². The van der Waals surface area contributed by atoms with E-state index >= 15 is 0 Å². The molecule has 3 N–H and O–H groups in total. The van der Waals surface area contributed by atoms with Gasteiger partial charge in [-0.3, -0.25) is 4.68 Å². The van der Waals surface area contributed by atoms with Crippen LogP contribution in [-0.4, -0.2) is 38.7 Å². The fourth-order valence-corrected chi connectivity index (χ4v) is 2.15. The van der Waals surface area contributed by atoms with Crippen molar-refractivity contribution in [3.63, 3.8) is 0 Å². The third kappa shape index (κ3) is 5.62.